The zero-order valence-electron chi connectivity index (χ0n) is 8.55. The Morgan fingerprint density at radius 1 is 1.54 bits per heavy atom. The van der Waals surface area contributed by atoms with E-state index >= 15 is 0 Å². The zero-order chi connectivity index (χ0) is 10.1. The SMILES string of the molecule is C=CCC1(C)C=C(C)C=C(C)C1=O. The van der Waals surface area contributed by atoms with Gasteiger partial charge in [-0.1, -0.05) is 23.8 Å². The van der Waals surface area contributed by atoms with Crippen LogP contribution < -0.4 is 0 Å². The first-order chi connectivity index (χ1) is 5.99. The first-order valence-electron chi connectivity index (χ1n) is 4.53. The van der Waals surface area contributed by atoms with Crippen LogP contribution in [0.15, 0.2) is 36.0 Å². The number of carbonyl (C=O) groups is 1. The second-order valence-electron chi connectivity index (χ2n) is 3.96. The average molecular weight is 176 g/mol. The molecule has 0 fully saturated rings. The molecule has 1 heteroatoms. The van der Waals surface area contributed by atoms with Crippen LogP contribution in [0.4, 0.5) is 0 Å². The summed E-state index contributed by atoms with van der Waals surface area (Å²) in [7, 11) is 0. The van der Waals surface area contributed by atoms with Gasteiger partial charge in [0.05, 0.1) is 5.41 Å². The summed E-state index contributed by atoms with van der Waals surface area (Å²) >= 11 is 0. The Morgan fingerprint density at radius 3 is 2.69 bits per heavy atom. The molecule has 0 aromatic carbocycles. The fraction of sp³-hybridized carbons (Fsp3) is 0.417. The van der Waals surface area contributed by atoms with Crippen LogP contribution >= 0.6 is 0 Å². The van der Waals surface area contributed by atoms with E-state index in [4.69, 9.17) is 0 Å². The molecule has 70 valence electrons. The Kier molecular flexibility index (Phi) is 2.55. The minimum atomic E-state index is -0.356. The summed E-state index contributed by atoms with van der Waals surface area (Å²) in [4.78, 5) is 11.8. The van der Waals surface area contributed by atoms with Gasteiger partial charge in [-0.15, -0.1) is 6.58 Å². The number of hydrogen-bond donors (Lipinski definition) is 0. The molecular weight excluding hydrogens is 160 g/mol. The monoisotopic (exact) mass is 176 g/mol. The van der Waals surface area contributed by atoms with E-state index in [0.29, 0.717) is 6.42 Å². The third kappa shape index (κ3) is 1.80. The molecule has 0 spiro atoms. The molecule has 1 nitrogen and oxygen atoms in total. The molecular formula is C12H16O. The van der Waals surface area contributed by atoms with E-state index in [1.807, 2.05) is 32.9 Å². The lowest BCUT2D eigenvalue weighted by Gasteiger charge is -2.27. The highest BCUT2D eigenvalue weighted by atomic mass is 16.1. The van der Waals surface area contributed by atoms with Crippen LogP contribution in [-0.4, -0.2) is 5.78 Å². The van der Waals surface area contributed by atoms with Crippen molar-refractivity contribution in [1.82, 2.24) is 0 Å². The maximum atomic E-state index is 11.8. The molecule has 1 aliphatic carbocycles. The molecule has 0 aromatic heterocycles. The first-order valence-corrected chi connectivity index (χ1v) is 4.53. The van der Waals surface area contributed by atoms with Gasteiger partial charge in [-0.05, 0) is 32.8 Å². The van der Waals surface area contributed by atoms with E-state index in [9.17, 15) is 4.79 Å². The Bertz CT molecular complexity index is 307. The van der Waals surface area contributed by atoms with Crippen molar-refractivity contribution in [3.8, 4) is 0 Å². The van der Waals surface area contributed by atoms with Gasteiger partial charge in [0.25, 0.3) is 0 Å². The summed E-state index contributed by atoms with van der Waals surface area (Å²) in [6, 6.07) is 0. The molecule has 1 unspecified atom stereocenters. The fourth-order valence-electron chi connectivity index (χ4n) is 1.92. The minimum Gasteiger partial charge on any atom is -0.294 e. The average Bonchev–Trinajstić information content (AvgIpc) is 2.00. The molecule has 0 radical (unpaired) electrons. The van der Waals surface area contributed by atoms with Crippen LogP contribution in [-0.2, 0) is 4.79 Å². The van der Waals surface area contributed by atoms with E-state index in [0.717, 1.165) is 5.57 Å². The number of rotatable bonds is 2. The molecule has 1 rings (SSSR count). The second-order valence-corrected chi connectivity index (χ2v) is 3.96. The number of allylic oxidation sites excluding steroid dienone is 5. The van der Waals surface area contributed by atoms with E-state index < -0.39 is 0 Å². The zero-order valence-corrected chi connectivity index (χ0v) is 8.55. The van der Waals surface area contributed by atoms with Crippen molar-refractivity contribution in [1.29, 1.82) is 0 Å². The van der Waals surface area contributed by atoms with Crippen molar-refractivity contribution < 1.29 is 4.79 Å². The van der Waals surface area contributed by atoms with Crippen LogP contribution in [0.1, 0.15) is 27.2 Å². The highest BCUT2D eigenvalue weighted by molar-refractivity contribution is 6.02. The van der Waals surface area contributed by atoms with Gasteiger partial charge in [0.15, 0.2) is 5.78 Å². The quantitative estimate of drug-likeness (QED) is 0.591. The minimum absolute atomic E-state index is 0.220. The molecule has 0 amide bonds. The van der Waals surface area contributed by atoms with E-state index in [1.165, 1.54) is 5.57 Å². The van der Waals surface area contributed by atoms with Crippen molar-refractivity contribution in [2.75, 3.05) is 0 Å². The molecule has 1 aliphatic rings. The first kappa shape index (κ1) is 9.97. The van der Waals surface area contributed by atoms with Crippen molar-refractivity contribution in [3.63, 3.8) is 0 Å². The standard InChI is InChI=1S/C12H16O/c1-5-6-12(4)8-9(2)7-10(3)11(12)13/h5,7-8H,1,6H2,2-4H3. The van der Waals surface area contributed by atoms with Crippen LogP contribution in [0.2, 0.25) is 0 Å². The van der Waals surface area contributed by atoms with Crippen molar-refractivity contribution in [2.45, 2.75) is 27.2 Å². The van der Waals surface area contributed by atoms with Gasteiger partial charge in [-0.3, -0.25) is 4.79 Å². The van der Waals surface area contributed by atoms with Crippen molar-refractivity contribution in [2.24, 2.45) is 5.41 Å². The van der Waals surface area contributed by atoms with Gasteiger partial charge < -0.3 is 0 Å². The molecule has 13 heavy (non-hydrogen) atoms. The molecule has 0 bridgehead atoms. The number of ketones is 1. The lowest BCUT2D eigenvalue weighted by atomic mass is 9.75. The summed E-state index contributed by atoms with van der Waals surface area (Å²) < 4.78 is 0. The predicted octanol–water partition coefficient (Wildman–Crippen LogP) is 3.04. The number of Topliss-reactive ketones (excluding diaryl/α,β-unsaturated/α-hetero) is 1. The second kappa shape index (κ2) is 3.33. The maximum Gasteiger partial charge on any atom is 0.168 e. The largest absolute Gasteiger partial charge is 0.294 e. The van der Waals surface area contributed by atoms with Gasteiger partial charge >= 0.3 is 0 Å². The number of hydrogen-bond acceptors (Lipinski definition) is 1. The lowest BCUT2D eigenvalue weighted by Crippen LogP contribution is -2.28. The summed E-state index contributed by atoms with van der Waals surface area (Å²) in [5.74, 6) is 0.220. The third-order valence-electron chi connectivity index (χ3n) is 2.44. The Hall–Kier alpha value is -1.11. The normalized spacial score (nSPS) is 28.1. The van der Waals surface area contributed by atoms with Gasteiger partial charge in [0.1, 0.15) is 0 Å². The van der Waals surface area contributed by atoms with E-state index in [1.54, 1.807) is 6.08 Å². The van der Waals surface area contributed by atoms with Crippen LogP contribution in [0.3, 0.4) is 0 Å². The van der Waals surface area contributed by atoms with Gasteiger partial charge in [-0.25, -0.2) is 0 Å². The van der Waals surface area contributed by atoms with Crippen molar-refractivity contribution >= 4 is 5.78 Å². The highest BCUT2D eigenvalue weighted by Gasteiger charge is 2.32. The molecule has 1 atom stereocenters. The topological polar surface area (TPSA) is 17.1 Å². The Labute approximate surface area is 79.8 Å². The van der Waals surface area contributed by atoms with Gasteiger partial charge in [-0.2, -0.15) is 0 Å². The molecule has 0 saturated carbocycles. The van der Waals surface area contributed by atoms with Gasteiger partial charge in [0, 0.05) is 0 Å². The maximum absolute atomic E-state index is 11.8. The van der Waals surface area contributed by atoms with Crippen LogP contribution in [0, 0.1) is 5.41 Å². The summed E-state index contributed by atoms with van der Waals surface area (Å²) in [5, 5.41) is 0. The summed E-state index contributed by atoms with van der Waals surface area (Å²) in [5.41, 5.74) is 1.66. The van der Waals surface area contributed by atoms with Crippen LogP contribution in [0.5, 0.6) is 0 Å². The highest BCUT2D eigenvalue weighted by Crippen LogP contribution is 2.33. The Balaban J connectivity index is 3.07. The summed E-state index contributed by atoms with van der Waals surface area (Å²) in [6.45, 7) is 9.55. The molecule has 0 saturated heterocycles. The predicted molar refractivity (Wildman–Crippen MR) is 55.4 cm³/mol. The Morgan fingerprint density at radius 2 is 2.15 bits per heavy atom. The molecule has 0 aromatic rings. The van der Waals surface area contributed by atoms with E-state index in [-0.39, 0.29) is 11.2 Å². The molecule has 0 N–H and O–H groups in total. The van der Waals surface area contributed by atoms with Gasteiger partial charge in [0.2, 0.25) is 0 Å². The third-order valence-corrected chi connectivity index (χ3v) is 2.44. The molecule has 0 aliphatic heterocycles. The van der Waals surface area contributed by atoms with E-state index in [2.05, 4.69) is 6.58 Å². The smallest absolute Gasteiger partial charge is 0.168 e. The van der Waals surface area contributed by atoms with Crippen molar-refractivity contribution in [3.05, 3.63) is 36.0 Å². The fourth-order valence-corrected chi connectivity index (χ4v) is 1.92. The number of carbonyl (C=O) groups excluding carboxylic acids is 1. The molecule has 0 heterocycles. The van der Waals surface area contributed by atoms with Crippen LogP contribution in [0.25, 0.3) is 0 Å². The lowest BCUT2D eigenvalue weighted by molar-refractivity contribution is -0.121. The summed E-state index contributed by atoms with van der Waals surface area (Å²) in [6.07, 6.45) is 6.49.